The molecule has 30 heavy (non-hydrogen) atoms. The highest BCUT2D eigenvalue weighted by atomic mass is 16.5. The van der Waals surface area contributed by atoms with Gasteiger partial charge in [-0.25, -0.2) is 4.98 Å². The highest BCUT2D eigenvalue weighted by Crippen LogP contribution is 2.17. The maximum absolute atomic E-state index is 12.8. The van der Waals surface area contributed by atoms with Crippen LogP contribution in [0.25, 0.3) is 16.9 Å². The Morgan fingerprint density at radius 1 is 1.10 bits per heavy atom. The molecule has 4 rings (SSSR count). The zero-order valence-corrected chi connectivity index (χ0v) is 16.8. The molecular weight excluding hydrogens is 384 g/mol. The SMILES string of the molecule is COc1ccc(-n2nnc3c(=O)n(CC(=O)Nc4cc(C)cc(C)c4)cnc32)cc1. The monoisotopic (exact) mass is 404 g/mol. The van der Waals surface area contributed by atoms with Crippen LogP contribution in [0.2, 0.25) is 0 Å². The summed E-state index contributed by atoms with van der Waals surface area (Å²) >= 11 is 0. The number of nitrogens with one attached hydrogen (secondary N) is 1. The summed E-state index contributed by atoms with van der Waals surface area (Å²) in [5, 5.41) is 10.8. The molecule has 9 heteroatoms. The molecule has 9 nitrogen and oxygen atoms in total. The molecule has 2 aromatic heterocycles. The average Bonchev–Trinajstić information content (AvgIpc) is 3.14. The van der Waals surface area contributed by atoms with Crippen molar-refractivity contribution in [2.75, 3.05) is 12.4 Å². The van der Waals surface area contributed by atoms with Crippen molar-refractivity contribution in [2.24, 2.45) is 0 Å². The molecule has 1 amide bonds. The summed E-state index contributed by atoms with van der Waals surface area (Å²) in [5.74, 6) is 0.374. The minimum Gasteiger partial charge on any atom is -0.497 e. The number of carbonyl (C=O) groups excluding carboxylic acids is 1. The summed E-state index contributed by atoms with van der Waals surface area (Å²) in [4.78, 5) is 29.5. The van der Waals surface area contributed by atoms with Gasteiger partial charge in [0.05, 0.1) is 12.8 Å². The molecule has 0 aliphatic rings. The third-order valence-corrected chi connectivity index (χ3v) is 4.57. The van der Waals surface area contributed by atoms with Crippen LogP contribution in [0.4, 0.5) is 5.69 Å². The van der Waals surface area contributed by atoms with Gasteiger partial charge in [0.25, 0.3) is 5.56 Å². The van der Waals surface area contributed by atoms with Gasteiger partial charge in [-0.2, -0.15) is 4.68 Å². The first-order valence-corrected chi connectivity index (χ1v) is 9.28. The number of benzene rings is 2. The number of aromatic nitrogens is 5. The second kappa shape index (κ2) is 7.78. The smallest absolute Gasteiger partial charge is 0.284 e. The number of ether oxygens (including phenoxy) is 1. The summed E-state index contributed by atoms with van der Waals surface area (Å²) in [6.07, 6.45) is 1.33. The summed E-state index contributed by atoms with van der Waals surface area (Å²) < 4.78 is 7.83. The van der Waals surface area contributed by atoms with E-state index in [2.05, 4.69) is 20.6 Å². The van der Waals surface area contributed by atoms with Crippen LogP contribution in [0.3, 0.4) is 0 Å². The van der Waals surface area contributed by atoms with Gasteiger partial charge in [0.2, 0.25) is 5.91 Å². The van der Waals surface area contributed by atoms with E-state index >= 15 is 0 Å². The van der Waals surface area contributed by atoms with Gasteiger partial charge in [-0.05, 0) is 61.4 Å². The zero-order chi connectivity index (χ0) is 21.3. The zero-order valence-electron chi connectivity index (χ0n) is 16.8. The lowest BCUT2D eigenvalue weighted by Crippen LogP contribution is -2.28. The Morgan fingerprint density at radius 2 is 1.80 bits per heavy atom. The molecule has 0 radical (unpaired) electrons. The maximum Gasteiger partial charge on any atom is 0.284 e. The molecular formula is C21H20N6O3. The first-order chi connectivity index (χ1) is 14.4. The second-order valence-electron chi connectivity index (χ2n) is 6.97. The lowest BCUT2D eigenvalue weighted by molar-refractivity contribution is -0.116. The van der Waals surface area contributed by atoms with Gasteiger partial charge in [0.1, 0.15) is 18.6 Å². The molecule has 2 heterocycles. The molecule has 0 unspecified atom stereocenters. The van der Waals surface area contributed by atoms with E-state index in [1.165, 1.54) is 15.6 Å². The number of nitrogens with zero attached hydrogens (tertiary/aromatic N) is 5. The highest BCUT2D eigenvalue weighted by Gasteiger charge is 2.15. The molecule has 0 aliphatic heterocycles. The Bertz CT molecular complexity index is 1270. The van der Waals surface area contributed by atoms with E-state index in [1.807, 2.05) is 32.0 Å². The molecule has 0 bridgehead atoms. The topological polar surface area (TPSA) is 104 Å². The molecule has 0 saturated carbocycles. The average molecular weight is 404 g/mol. The lowest BCUT2D eigenvalue weighted by Gasteiger charge is -2.09. The first-order valence-electron chi connectivity index (χ1n) is 9.28. The van der Waals surface area contributed by atoms with Crippen LogP contribution in [0.1, 0.15) is 11.1 Å². The fourth-order valence-electron chi connectivity index (χ4n) is 3.26. The largest absolute Gasteiger partial charge is 0.497 e. The van der Waals surface area contributed by atoms with Crippen molar-refractivity contribution in [1.29, 1.82) is 0 Å². The predicted octanol–water partition coefficient (Wildman–Crippen LogP) is 2.24. The van der Waals surface area contributed by atoms with Gasteiger partial charge in [0.15, 0.2) is 11.2 Å². The number of amides is 1. The van der Waals surface area contributed by atoms with Gasteiger partial charge < -0.3 is 10.1 Å². The molecule has 0 fully saturated rings. The van der Waals surface area contributed by atoms with Gasteiger partial charge in [-0.3, -0.25) is 14.2 Å². The number of fused-ring (bicyclic) bond motifs is 1. The van der Waals surface area contributed by atoms with Crippen molar-refractivity contribution in [1.82, 2.24) is 24.5 Å². The maximum atomic E-state index is 12.8. The lowest BCUT2D eigenvalue weighted by atomic mass is 10.1. The number of methoxy groups -OCH3 is 1. The Morgan fingerprint density at radius 3 is 2.47 bits per heavy atom. The second-order valence-corrected chi connectivity index (χ2v) is 6.97. The van der Waals surface area contributed by atoms with Gasteiger partial charge in [0, 0.05) is 5.69 Å². The van der Waals surface area contributed by atoms with Crippen LogP contribution in [-0.4, -0.2) is 37.6 Å². The quantitative estimate of drug-likeness (QED) is 0.547. The van der Waals surface area contributed by atoms with Crippen molar-refractivity contribution < 1.29 is 9.53 Å². The van der Waals surface area contributed by atoms with Crippen molar-refractivity contribution in [2.45, 2.75) is 20.4 Å². The fourth-order valence-corrected chi connectivity index (χ4v) is 3.26. The predicted molar refractivity (Wildman–Crippen MR) is 112 cm³/mol. The molecule has 152 valence electrons. The van der Waals surface area contributed by atoms with E-state index < -0.39 is 5.56 Å². The molecule has 0 atom stereocenters. The Hall–Kier alpha value is -4.01. The van der Waals surface area contributed by atoms with Crippen LogP contribution in [0, 0.1) is 13.8 Å². The summed E-state index contributed by atoms with van der Waals surface area (Å²) in [6, 6.07) is 12.9. The number of aryl methyl sites for hydroxylation is 2. The fraction of sp³-hybridized carbons (Fsp3) is 0.190. The Labute approximate surface area is 171 Å². The minimum absolute atomic E-state index is 0.0903. The number of hydrogen-bond donors (Lipinski definition) is 1. The molecule has 4 aromatic rings. The van der Waals surface area contributed by atoms with Crippen molar-refractivity contribution in [3.05, 3.63) is 70.3 Å². The van der Waals surface area contributed by atoms with Crippen LogP contribution in [-0.2, 0) is 11.3 Å². The van der Waals surface area contributed by atoms with E-state index in [4.69, 9.17) is 4.74 Å². The molecule has 2 aromatic carbocycles. The van der Waals surface area contributed by atoms with Gasteiger partial charge in [-0.15, -0.1) is 5.10 Å². The number of hydrogen-bond acceptors (Lipinski definition) is 6. The third-order valence-electron chi connectivity index (χ3n) is 4.57. The normalized spacial score (nSPS) is 10.9. The molecule has 0 spiro atoms. The van der Waals surface area contributed by atoms with E-state index in [-0.39, 0.29) is 18.0 Å². The third kappa shape index (κ3) is 3.77. The van der Waals surface area contributed by atoms with Crippen LogP contribution >= 0.6 is 0 Å². The molecule has 0 saturated heterocycles. The van der Waals surface area contributed by atoms with Crippen LogP contribution < -0.4 is 15.6 Å². The standard InChI is InChI=1S/C21H20N6O3/c1-13-8-14(2)10-15(9-13)23-18(28)11-26-12-22-20-19(21(26)29)24-25-27(20)16-4-6-17(30-3)7-5-16/h4-10,12H,11H2,1-3H3,(H,23,28). The number of rotatable bonds is 5. The molecule has 1 N–H and O–H groups in total. The Kier molecular flexibility index (Phi) is 5.01. The number of carbonyl (C=O) groups is 1. The van der Waals surface area contributed by atoms with Crippen molar-refractivity contribution >= 4 is 22.8 Å². The van der Waals surface area contributed by atoms with Crippen molar-refractivity contribution in [3.63, 3.8) is 0 Å². The van der Waals surface area contributed by atoms with E-state index in [9.17, 15) is 9.59 Å². The minimum atomic E-state index is -0.435. The van der Waals surface area contributed by atoms with E-state index in [1.54, 1.807) is 31.4 Å². The first kappa shape index (κ1) is 19.3. The summed E-state index contributed by atoms with van der Waals surface area (Å²) in [6.45, 7) is 3.73. The van der Waals surface area contributed by atoms with Crippen molar-refractivity contribution in [3.8, 4) is 11.4 Å². The summed E-state index contributed by atoms with van der Waals surface area (Å²) in [7, 11) is 1.58. The number of anilines is 1. The van der Waals surface area contributed by atoms with Gasteiger partial charge in [-0.1, -0.05) is 11.3 Å². The van der Waals surface area contributed by atoms with E-state index in [0.717, 1.165) is 11.1 Å². The van der Waals surface area contributed by atoms with Gasteiger partial charge >= 0.3 is 0 Å². The molecule has 0 aliphatic carbocycles. The van der Waals surface area contributed by atoms with Crippen LogP contribution in [0.15, 0.2) is 53.6 Å². The van der Waals surface area contributed by atoms with E-state index in [0.29, 0.717) is 22.8 Å². The summed E-state index contributed by atoms with van der Waals surface area (Å²) in [5.41, 5.74) is 3.43. The van der Waals surface area contributed by atoms with Crippen LogP contribution in [0.5, 0.6) is 5.75 Å². The highest BCUT2D eigenvalue weighted by molar-refractivity contribution is 5.90. The Balaban J connectivity index is 1.59.